The van der Waals surface area contributed by atoms with Crippen LogP contribution in [0.1, 0.15) is 11.1 Å². The number of nitriles is 1. The predicted octanol–water partition coefficient (Wildman–Crippen LogP) is 2.59. The van der Waals surface area contributed by atoms with Gasteiger partial charge in [0.25, 0.3) is 0 Å². The fraction of sp³-hybridized carbons (Fsp3) is 0.125. The van der Waals surface area contributed by atoms with Crippen LogP contribution < -0.4 is 0 Å². The van der Waals surface area contributed by atoms with E-state index in [0.29, 0.717) is 5.56 Å². The molecule has 0 saturated carbocycles. The van der Waals surface area contributed by atoms with Crippen LogP contribution in [0.4, 0.5) is 0 Å². The van der Waals surface area contributed by atoms with E-state index in [1.807, 2.05) is 6.07 Å². The minimum atomic E-state index is -1.98. The van der Waals surface area contributed by atoms with Gasteiger partial charge in [0, 0.05) is 0 Å². The first-order chi connectivity index (χ1) is 6.56. The average molecular weight is 250 g/mol. The first-order valence-electron chi connectivity index (χ1n) is 3.50. The van der Waals surface area contributed by atoms with Crippen LogP contribution in [0, 0.1) is 11.3 Å². The fourth-order valence-corrected chi connectivity index (χ4v) is 2.05. The van der Waals surface area contributed by atoms with Crippen molar-refractivity contribution in [1.82, 2.24) is 0 Å². The molecule has 6 heteroatoms. The van der Waals surface area contributed by atoms with Gasteiger partial charge in [0.1, 0.15) is 6.07 Å². The van der Waals surface area contributed by atoms with Crippen molar-refractivity contribution in [3.05, 3.63) is 33.3 Å². The topological polar surface area (TPSA) is 61.1 Å². The van der Waals surface area contributed by atoms with Gasteiger partial charge in [-0.15, -0.1) is 0 Å². The van der Waals surface area contributed by atoms with Crippen LogP contribution in [-0.4, -0.2) is 8.76 Å². The van der Waals surface area contributed by atoms with E-state index in [0.717, 1.165) is 0 Å². The van der Waals surface area contributed by atoms with Crippen molar-refractivity contribution in [2.45, 2.75) is 5.75 Å². The van der Waals surface area contributed by atoms with Gasteiger partial charge in [0.05, 0.1) is 21.4 Å². The Balaban J connectivity index is 3.23. The molecule has 0 bridgehead atoms. The molecule has 0 aliphatic rings. The number of hydrogen-bond donors (Lipinski definition) is 1. The summed E-state index contributed by atoms with van der Waals surface area (Å²) in [5, 5.41) is 9.08. The summed E-state index contributed by atoms with van der Waals surface area (Å²) in [7, 11) is 0. The van der Waals surface area contributed by atoms with Crippen LogP contribution in [-0.2, 0) is 16.8 Å². The minimum Gasteiger partial charge on any atom is -0.306 e. The summed E-state index contributed by atoms with van der Waals surface area (Å²) >= 11 is 9.52. The number of rotatable bonds is 2. The third-order valence-electron chi connectivity index (χ3n) is 1.56. The molecule has 1 N–H and O–H groups in total. The maximum absolute atomic E-state index is 10.5. The molecular weight excluding hydrogens is 245 g/mol. The highest BCUT2D eigenvalue weighted by Gasteiger charge is 2.11. The van der Waals surface area contributed by atoms with Crippen LogP contribution >= 0.6 is 23.2 Å². The number of halogens is 2. The Labute approximate surface area is 93.5 Å². The smallest absolute Gasteiger partial charge is 0.157 e. The highest BCUT2D eigenvalue weighted by molar-refractivity contribution is 7.78. The quantitative estimate of drug-likeness (QED) is 0.820. The van der Waals surface area contributed by atoms with Gasteiger partial charge in [0.15, 0.2) is 11.1 Å². The second-order valence-electron chi connectivity index (χ2n) is 2.47. The lowest BCUT2D eigenvalue weighted by Gasteiger charge is -2.04. The molecule has 0 fully saturated rings. The molecule has 0 spiro atoms. The van der Waals surface area contributed by atoms with Crippen LogP contribution in [0.2, 0.25) is 10.0 Å². The van der Waals surface area contributed by atoms with Crippen LogP contribution in [0.3, 0.4) is 0 Å². The molecule has 1 aromatic rings. The fourth-order valence-electron chi connectivity index (χ4n) is 0.943. The summed E-state index contributed by atoms with van der Waals surface area (Å²) in [6, 6.07) is 4.84. The van der Waals surface area contributed by atoms with Crippen molar-refractivity contribution in [1.29, 1.82) is 5.26 Å². The summed E-state index contributed by atoms with van der Waals surface area (Å²) in [5.74, 6) is -0.106. The summed E-state index contributed by atoms with van der Waals surface area (Å²) < 4.78 is 19.2. The van der Waals surface area contributed by atoms with Gasteiger partial charge in [-0.1, -0.05) is 29.3 Å². The van der Waals surface area contributed by atoms with Crippen molar-refractivity contribution in [2.24, 2.45) is 0 Å². The second kappa shape index (κ2) is 4.76. The largest absolute Gasteiger partial charge is 0.306 e. The lowest BCUT2D eigenvalue weighted by molar-refractivity contribution is 0.563. The summed E-state index contributed by atoms with van der Waals surface area (Å²) in [4.78, 5) is 0. The third kappa shape index (κ3) is 2.46. The molecule has 1 unspecified atom stereocenters. The molecule has 0 aliphatic carbocycles. The van der Waals surface area contributed by atoms with Crippen LogP contribution in [0.25, 0.3) is 0 Å². The van der Waals surface area contributed by atoms with Gasteiger partial charge in [-0.2, -0.15) is 5.26 Å². The SMILES string of the molecule is N#Cc1c(Cl)ccc(CS(=O)O)c1Cl. The first-order valence-corrected chi connectivity index (χ1v) is 5.54. The molecule has 0 saturated heterocycles. The lowest BCUT2D eigenvalue weighted by Crippen LogP contribution is -1.95. The van der Waals surface area contributed by atoms with E-state index in [1.54, 1.807) is 0 Å². The van der Waals surface area contributed by atoms with Crippen molar-refractivity contribution in [3.63, 3.8) is 0 Å². The molecule has 1 rings (SSSR count). The molecule has 0 aliphatic heterocycles. The van der Waals surface area contributed by atoms with Gasteiger partial charge in [-0.3, -0.25) is 0 Å². The maximum Gasteiger partial charge on any atom is 0.157 e. The van der Waals surface area contributed by atoms with Crippen molar-refractivity contribution >= 4 is 34.3 Å². The Kier molecular flexibility index (Phi) is 3.90. The van der Waals surface area contributed by atoms with Crippen molar-refractivity contribution in [2.75, 3.05) is 0 Å². The van der Waals surface area contributed by atoms with E-state index < -0.39 is 11.1 Å². The molecule has 0 aromatic heterocycles. The molecule has 0 heterocycles. The molecular formula is C8H5Cl2NO2S. The monoisotopic (exact) mass is 249 g/mol. The Morgan fingerprint density at radius 2 is 2.14 bits per heavy atom. The Bertz CT molecular complexity index is 428. The third-order valence-corrected chi connectivity index (χ3v) is 2.87. The Hall–Kier alpha value is -0.600. The number of hydrogen-bond acceptors (Lipinski definition) is 2. The van der Waals surface area contributed by atoms with E-state index in [1.165, 1.54) is 12.1 Å². The summed E-state index contributed by atoms with van der Waals surface area (Å²) in [6.45, 7) is 0. The summed E-state index contributed by atoms with van der Waals surface area (Å²) in [5.41, 5.74) is 0.574. The van der Waals surface area contributed by atoms with Crippen molar-refractivity contribution in [3.8, 4) is 6.07 Å². The normalized spacial score (nSPS) is 12.1. The summed E-state index contributed by atoms with van der Waals surface area (Å²) in [6.07, 6.45) is 0. The van der Waals surface area contributed by atoms with Gasteiger partial charge >= 0.3 is 0 Å². The maximum atomic E-state index is 10.5. The van der Waals surface area contributed by atoms with Gasteiger partial charge < -0.3 is 4.55 Å². The Morgan fingerprint density at radius 1 is 1.50 bits per heavy atom. The molecule has 0 amide bonds. The van der Waals surface area contributed by atoms with E-state index in [9.17, 15) is 4.21 Å². The molecule has 1 atom stereocenters. The molecule has 74 valence electrons. The lowest BCUT2D eigenvalue weighted by atomic mass is 10.1. The van der Waals surface area contributed by atoms with Gasteiger partial charge in [-0.05, 0) is 11.6 Å². The highest BCUT2D eigenvalue weighted by atomic mass is 35.5. The highest BCUT2D eigenvalue weighted by Crippen LogP contribution is 2.27. The van der Waals surface area contributed by atoms with Gasteiger partial charge in [0.2, 0.25) is 0 Å². The minimum absolute atomic E-state index is 0.106. The standard InChI is InChI=1S/C8H5Cl2NO2S/c9-7-2-1-5(4-14(12)13)8(10)6(7)3-11/h1-2H,4H2,(H,12,13). The Morgan fingerprint density at radius 3 is 2.64 bits per heavy atom. The first kappa shape index (κ1) is 11.5. The van der Waals surface area contributed by atoms with E-state index >= 15 is 0 Å². The second-order valence-corrected chi connectivity index (χ2v) is 4.19. The van der Waals surface area contributed by atoms with Crippen molar-refractivity contribution < 1.29 is 8.76 Å². The zero-order valence-corrected chi connectivity index (χ0v) is 9.16. The van der Waals surface area contributed by atoms with E-state index in [-0.39, 0.29) is 21.4 Å². The van der Waals surface area contributed by atoms with Crippen LogP contribution in [0.5, 0.6) is 0 Å². The molecule has 1 aromatic carbocycles. The van der Waals surface area contributed by atoms with Crippen LogP contribution in [0.15, 0.2) is 12.1 Å². The zero-order valence-electron chi connectivity index (χ0n) is 6.83. The van der Waals surface area contributed by atoms with E-state index in [4.69, 9.17) is 33.0 Å². The zero-order chi connectivity index (χ0) is 10.7. The average Bonchev–Trinajstić information content (AvgIpc) is 2.10. The number of nitrogens with zero attached hydrogens (tertiary/aromatic N) is 1. The van der Waals surface area contributed by atoms with E-state index in [2.05, 4.69) is 0 Å². The van der Waals surface area contributed by atoms with Gasteiger partial charge in [-0.25, -0.2) is 4.21 Å². The molecule has 3 nitrogen and oxygen atoms in total. The molecule has 0 radical (unpaired) electrons. The number of benzene rings is 1. The predicted molar refractivity (Wildman–Crippen MR) is 55.7 cm³/mol. The molecule has 14 heavy (non-hydrogen) atoms.